The molecule has 0 spiro atoms. The molecule has 0 saturated carbocycles. The predicted octanol–water partition coefficient (Wildman–Crippen LogP) is 1.09. The molecule has 2 aromatic heterocycles. The van der Waals surface area contributed by atoms with Crippen LogP contribution in [0.15, 0.2) is 10.7 Å². The van der Waals surface area contributed by atoms with E-state index in [2.05, 4.69) is 15.2 Å². The zero-order chi connectivity index (χ0) is 13.0. The largest absolute Gasteiger partial charge is 0.383 e. The molecule has 0 radical (unpaired) electrons. The molecule has 0 amide bonds. The van der Waals surface area contributed by atoms with Gasteiger partial charge in [-0.15, -0.1) is 0 Å². The van der Waals surface area contributed by atoms with E-state index in [1.54, 1.807) is 17.9 Å². The Kier molecular flexibility index (Phi) is 2.20. The van der Waals surface area contributed by atoms with Crippen LogP contribution < -0.4 is 5.73 Å². The number of rotatable bonds is 2. The fraction of sp³-hybridized carbons (Fsp3) is 0.583. The van der Waals surface area contributed by atoms with Crippen LogP contribution in [-0.2, 0) is 11.8 Å². The molecule has 100 valence electrons. The highest BCUT2D eigenvalue weighted by Gasteiger charge is 2.43. The first-order valence-corrected chi connectivity index (χ1v) is 6.49. The maximum absolute atomic E-state index is 5.91. The van der Waals surface area contributed by atoms with Gasteiger partial charge in [-0.25, -0.2) is 0 Å². The van der Waals surface area contributed by atoms with Crippen LogP contribution in [0.25, 0.3) is 11.5 Å². The van der Waals surface area contributed by atoms with Crippen LogP contribution in [0.3, 0.4) is 0 Å². The van der Waals surface area contributed by atoms with Gasteiger partial charge in [0.1, 0.15) is 11.4 Å². The van der Waals surface area contributed by atoms with Gasteiger partial charge in [0, 0.05) is 7.05 Å². The second-order valence-electron chi connectivity index (χ2n) is 5.24. The highest BCUT2D eigenvalue weighted by molar-refractivity contribution is 5.66. The number of fused-ring (bicyclic) bond motifs is 2. The third-order valence-electron chi connectivity index (χ3n) is 4.09. The molecule has 3 unspecified atom stereocenters. The van der Waals surface area contributed by atoms with Crippen LogP contribution in [0.5, 0.6) is 0 Å². The van der Waals surface area contributed by atoms with Gasteiger partial charge in [-0.05, 0) is 19.3 Å². The van der Waals surface area contributed by atoms with Crippen LogP contribution in [0.4, 0.5) is 5.82 Å². The van der Waals surface area contributed by atoms with E-state index in [9.17, 15) is 0 Å². The average molecular weight is 261 g/mol. The monoisotopic (exact) mass is 261 g/mol. The normalized spacial score (nSPS) is 29.2. The van der Waals surface area contributed by atoms with Gasteiger partial charge in [0.05, 0.1) is 24.3 Å². The van der Waals surface area contributed by atoms with Crippen molar-refractivity contribution < 1.29 is 9.26 Å². The number of nitrogens with zero attached hydrogens (tertiary/aromatic N) is 4. The molecule has 2 fully saturated rings. The lowest BCUT2D eigenvalue weighted by atomic mass is 9.89. The van der Waals surface area contributed by atoms with Crippen LogP contribution in [0.1, 0.15) is 31.0 Å². The van der Waals surface area contributed by atoms with Crippen LogP contribution in [0, 0.1) is 0 Å². The zero-order valence-electron chi connectivity index (χ0n) is 10.6. The molecule has 0 aliphatic carbocycles. The van der Waals surface area contributed by atoms with Gasteiger partial charge < -0.3 is 15.0 Å². The zero-order valence-corrected chi connectivity index (χ0v) is 10.6. The predicted molar refractivity (Wildman–Crippen MR) is 66.2 cm³/mol. The van der Waals surface area contributed by atoms with Gasteiger partial charge in [-0.3, -0.25) is 4.68 Å². The summed E-state index contributed by atoms with van der Waals surface area (Å²) >= 11 is 0. The molecule has 19 heavy (non-hydrogen) atoms. The topological polar surface area (TPSA) is 92.0 Å². The maximum Gasteiger partial charge on any atom is 0.263 e. The molecule has 2 bridgehead atoms. The van der Waals surface area contributed by atoms with E-state index in [0.29, 0.717) is 23.4 Å². The number of hydrogen-bond acceptors (Lipinski definition) is 6. The Morgan fingerprint density at radius 1 is 1.42 bits per heavy atom. The molecule has 7 heteroatoms. The van der Waals surface area contributed by atoms with Crippen molar-refractivity contribution in [2.75, 3.05) is 5.73 Å². The van der Waals surface area contributed by atoms with Gasteiger partial charge in [-0.2, -0.15) is 10.1 Å². The maximum atomic E-state index is 5.91. The highest BCUT2D eigenvalue weighted by Crippen LogP contribution is 2.43. The van der Waals surface area contributed by atoms with Crippen LogP contribution in [-0.4, -0.2) is 32.1 Å². The minimum atomic E-state index is 0.252. The average Bonchev–Trinajstić information content (AvgIpc) is 3.15. The van der Waals surface area contributed by atoms with Crippen molar-refractivity contribution in [1.82, 2.24) is 19.9 Å². The lowest BCUT2D eigenvalue weighted by Gasteiger charge is -2.13. The molecule has 4 heterocycles. The van der Waals surface area contributed by atoms with E-state index in [4.69, 9.17) is 15.0 Å². The SMILES string of the molecule is Cn1ncc(-c2nc(C3CC4CCC3O4)no2)c1N. The number of nitrogen functional groups attached to an aromatic ring is 1. The third kappa shape index (κ3) is 1.58. The molecule has 2 aromatic rings. The number of ether oxygens (including phenoxy) is 1. The molecule has 3 atom stereocenters. The van der Waals surface area contributed by atoms with Gasteiger partial charge in [0.2, 0.25) is 0 Å². The lowest BCUT2D eigenvalue weighted by Crippen LogP contribution is -2.15. The first-order valence-electron chi connectivity index (χ1n) is 6.49. The van der Waals surface area contributed by atoms with Crippen molar-refractivity contribution in [3.8, 4) is 11.5 Å². The smallest absolute Gasteiger partial charge is 0.263 e. The van der Waals surface area contributed by atoms with Gasteiger partial charge in [0.25, 0.3) is 5.89 Å². The van der Waals surface area contributed by atoms with Crippen molar-refractivity contribution >= 4 is 5.82 Å². The minimum Gasteiger partial charge on any atom is -0.383 e. The van der Waals surface area contributed by atoms with E-state index >= 15 is 0 Å². The van der Waals surface area contributed by atoms with E-state index in [0.717, 1.165) is 25.1 Å². The van der Waals surface area contributed by atoms with Crippen molar-refractivity contribution in [3.05, 3.63) is 12.0 Å². The Balaban J connectivity index is 1.65. The van der Waals surface area contributed by atoms with E-state index < -0.39 is 0 Å². The van der Waals surface area contributed by atoms with Gasteiger partial charge >= 0.3 is 0 Å². The van der Waals surface area contributed by atoms with Crippen molar-refractivity contribution in [1.29, 1.82) is 0 Å². The molecule has 2 saturated heterocycles. The molecule has 4 rings (SSSR count). The Hall–Kier alpha value is -1.89. The summed E-state index contributed by atoms with van der Waals surface area (Å²) < 4.78 is 12.7. The molecular weight excluding hydrogens is 246 g/mol. The van der Waals surface area contributed by atoms with E-state index in [-0.39, 0.29) is 12.0 Å². The summed E-state index contributed by atoms with van der Waals surface area (Å²) in [6, 6.07) is 0. The summed E-state index contributed by atoms with van der Waals surface area (Å²) in [6.45, 7) is 0. The van der Waals surface area contributed by atoms with Crippen LogP contribution >= 0.6 is 0 Å². The fourth-order valence-corrected chi connectivity index (χ4v) is 3.02. The number of hydrogen-bond donors (Lipinski definition) is 1. The van der Waals surface area contributed by atoms with Gasteiger partial charge in [-0.1, -0.05) is 5.16 Å². The van der Waals surface area contributed by atoms with E-state index in [1.807, 2.05) is 0 Å². The second kappa shape index (κ2) is 3.80. The summed E-state index contributed by atoms with van der Waals surface area (Å²) in [5.74, 6) is 1.95. The summed E-state index contributed by atoms with van der Waals surface area (Å²) in [5, 5.41) is 8.16. The first kappa shape index (κ1) is 11.0. The number of nitrogens with two attached hydrogens (primary N) is 1. The summed E-state index contributed by atoms with van der Waals surface area (Å²) in [6.07, 6.45) is 5.51. The van der Waals surface area contributed by atoms with Crippen molar-refractivity contribution in [3.63, 3.8) is 0 Å². The number of anilines is 1. The second-order valence-corrected chi connectivity index (χ2v) is 5.24. The van der Waals surface area contributed by atoms with Crippen LogP contribution in [0.2, 0.25) is 0 Å². The van der Waals surface area contributed by atoms with E-state index in [1.165, 1.54) is 0 Å². The number of aryl methyl sites for hydroxylation is 1. The Labute approximate surface area is 109 Å². The highest BCUT2D eigenvalue weighted by atomic mass is 16.5. The molecular formula is C12H15N5O2. The summed E-state index contributed by atoms with van der Waals surface area (Å²) in [4.78, 5) is 4.46. The van der Waals surface area contributed by atoms with Crippen molar-refractivity contribution in [2.45, 2.75) is 37.4 Å². The summed E-state index contributed by atoms with van der Waals surface area (Å²) in [5.41, 5.74) is 6.59. The quantitative estimate of drug-likeness (QED) is 0.869. The Bertz CT molecular complexity index is 619. The minimum absolute atomic E-state index is 0.252. The Morgan fingerprint density at radius 3 is 2.95 bits per heavy atom. The molecule has 2 aliphatic heterocycles. The molecule has 0 aromatic carbocycles. The third-order valence-corrected chi connectivity index (χ3v) is 4.09. The first-order chi connectivity index (χ1) is 9.22. The molecule has 2 aliphatic rings. The number of aromatic nitrogens is 4. The fourth-order valence-electron chi connectivity index (χ4n) is 3.02. The lowest BCUT2D eigenvalue weighted by molar-refractivity contribution is 0.0996. The Morgan fingerprint density at radius 2 is 2.32 bits per heavy atom. The van der Waals surface area contributed by atoms with Gasteiger partial charge in [0.15, 0.2) is 5.82 Å². The molecule has 7 nitrogen and oxygen atoms in total. The standard InChI is InChI=1S/C12H15N5O2/c1-17-10(13)8(5-14-17)12-15-11(16-19-12)7-4-6-2-3-9(7)18-6/h5-7,9H,2-4,13H2,1H3. The molecule has 2 N–H and O–H groups in total. The summed E-state index contributed by atoms with van der Waals surface area (Å²) in [7, 11) is 1.78. The van der Waals surface area contributed by atoms with Crippen molar-refractivity contribution in [2.24, 2.45) is 7.05 Å².